The van der Waals surface area contributed by atoms with Crippen LogP contribution in [0.5, 0.6) is 0 Å². The number of hydrogen-bond acceptors (Lipinski definition) is 8. The van der Waals surface area contributed by atoms with E-state index in [1.54, 1.807) is 52.0 Å². The van der Waals surface area contributed by atoms with Gasteiger partial charge in [-0.3, -0.25) is 9.13 Å². The molecule has 2 rings (SSSR count). The van der Waals surface area contributed by atoms with Crippen LogP contribution in [-0.4, -0.2) is 36.6 Å². The second kappa shape index (κ2) is 12.0. The Kier molecular flexibility index (Phi) is 9.94. The standard InChI is InChI=1S/C20H29FN2O6P2/c1-5-26-30(24,27-6-2)14-16-13-18(17-11-9-10-12-19(17)21)20(23-22-16)15-31(25,28-7-3)29-8-4/h9-13H,5-8,14-15H2,1-4H3. The van der Waals surface area contributed by atoms with Crippen LogP contribution in [-0.2, 0) is 39.5 Å². The van der Waals surface area contributed by atoms with Crippen LogP contribution in [0, 0.1) is 5.82 Å². The van der Waals surface area contributed by atoms with Gasteiger partial charge in [0.15, 0.2) is 0 Å². The summed E-state index contributed by atoms with van der Waals surface area (Å²) in [4.78, 5) is 0. The van der Waals surface area contributed by atoms with Crippen molar-refractivity contribution < 1.29 is 31.6 Å². The number of benzene rings is 1. The van der Waals surface area contributed by atoms with Gasteiger partial charge < -0.3 is 18.1 Å². The first-order valence-electron chi connectivity index (χ1n) is 10.2. The molecule has 2 aromatic rings. The van der Waals surface area contributed by atoms with Crippen LogP contribution in [0.4, 0.5) is 4.39 Å². The lowest BCUT2D eigenvalue weighted by Gasteiger charge is -2.19. The van der Waals surface area contributed by atoms with Gasteiger partial charge in [0.2, 0.25) is 0 Å². The van der Waals surface area contributed by atoms with Crippen molar-refractivity contribution in [3.8, 4) is 11.1 Å². The first-order valence-corrected chi connectivity index (χ1v) is 13.6. The molecule has 0 aliphatic rings. The maximum atomic E-state index is 14.6. The van der Waals surface area contributed by atoms with E-state index in [-0.39, 0.29) is 50.0 Å². The number of halogens is 1. The van der Waals surface area contributed by atoms with Crippen molar-refractivity contribution in [2.24, 2.45) is 0 Å². The van der Waals surface area contributed by atoms with Gasteiger partial charge in [0.1, 0.15) is 5.82 Å². The van der Waals surface area contributed by atoms with Gasteiger partial charge >= 0.3 is 15.2 Å². The lowest BCUT2D eigenvalue weighted by atomic mass is 10.0. The molecule has 1 aromatic heterocycles. The molecule has 11 heteroatoms. The summed E-state index contributed by atoms with van der Waals surface area (Å²) in [5.74, 6) is -0.483. The van der Waals surface area contributed by atoms with E-state index in [1.807, 2.05) is 0 Å². The van der Waals surface area contributed by atoms with Gasteiger partial charge in [-0.1, -0.05) is 18.2 Å². The Morgan fingerprint density at radius 1 is 0.774 bits per heavy atom. The van der Waals surface area contributed by atoms with E-state index in [4.69, 9.17) is 18.1 Å². The van der Waals surface area contributed by atoms with E-state index in [9.17, 15) is 13.5 Å². The van der Waals surface area contributed by atoms with Crippen molar-refractivity contribution >= 4 is 15.2 Å². The van der Waals surface area contributed by atoms with E-state index in [2.05, 4.69) is 10.2 Å². The highest BCUT2D eigenvalue weighted by Crippen LogP contribution is 2.53. The van der Waals surface area contributed by atoms with Crippen LogP contribution in [0.2, 0.25) is 0 Å². The Morgan fingerprint density at radius 2 is 1.29 bits per heavy atom. The Hall–Kier alpha value is -1.47. The van der Waals surface area contributed by atoms with Gasteiger partial charge in [0, 0.05) is 11.1 Å². The molecule has 1 heterocycles. The fourth-order valence-electron chi connectivity index (χ4n) is 2.99. The molecule has 0 amide bonds. The molecule has 0 N–H and O–H groups in total. The van der Waals surface area contributed by atoms with Crippen LogP contribution in [0.15, 0.2) is 30.3 Å². The minimum absolute atomic E-state index is 0.127. The van der Waals surface area contributed by atoms with Crippen molar-refractivity contribution in [2.45, 2.75) is 40.0 Å². The van der Waals surface area contributed by atoms with E-state index in [0.717, 1.165) is 0 Å². The Labute approximate surface area is 182 Å². The molecular weight excluding hydrogens is 445 g/mol. The Morgan fingerprint density at radius 3 is 1.81 bits per heavy atom. The van der Waals surface area contributed by atoms with Crippen molar-refractivity contribution in [3.05, 3.63) is 47.5 Å². The number of nitrogens with zero attached hydrogens (tertiary/aromatic N) is 2. The van der Waals surface area contributed by atoms with Crippen molar-refractivity contribution in [2.75, 3.05) is 26.4 Å². The third kappa shape index (κ3) is 7.28. The minimum atomic E-state index is -3.51. The molecule has 1 aromatic carbocycles. The highest BCUT2D eigenvalue weighted by atomic mass is 31.2. The lowest BCUT2D eigenvalue weighted by molar-refractivity contribution is 0.217. The number of rotatable bonds is 13. The molecule has 0 saturated heterocycles. The monoisotopic (exact) mass is 474 g/mol. The van der Waals surface area contributed by atoms with Crippen molar-refractivity contribution in [3.63, 3.8) is 0 Å². The van der Waals surface area contributed by atoms with E-state index >= 15 is 0 Å². The molecule has 172 valence electrons. The van der Waals surface area contributed by atoms with Gasteiger partial charge in [-0.25, -0.2) is 4.39 Å². The zero-order chi connectivity index (χ0) is 22.9. The molecule has 0 unspecified atom stereocenters. The van der Waals surface area contributed by atoms with Gasteiger partial charge in [0.25, 0.3) is 0 Å². The molecule has 0 saturated carbocycles. The summed E-state index contributed by atoms with van der Waals surface area (Å²) in [6, 6.07) is 7.70. The van der Waals surface area contributed by atoms with Gasteiger partial charge in [-0.05, 0) is 39.8 Å². The normalized spacial score (nSPS) is 12.3. The zero-order valence-corrected chi connectivity index (χ0v) is 20.0. The van der Waals surface area contributed by atoms with Crippen molar-refractivity contribution in [1.82, 2.24) is 10.2 Å². The molecule has 0 spiro atoms. The fourth-order valence-corrected chi connectivity index (χ4v) is 6.23. The maximum Gasteiger partial charge on any atom is 0.336 e. The Balaban J connectivity index is 2.53. The molecule has 8 nitrogen and oxygen atoms in total. The summed E-state index contributed by atoms with van der Waals surface area (Å²) in [5.41, 5.74) is 1.16. The molecule has 0 radical (unpaired) electrons. The summed E-state index contributed by atoms with van der Waals surface area (Å²) in [6.07, 6.45) is -0.307. The van der Waals surface area contributed by atoms with E-state index in [0.29, 0.717) is 11.3 Å². The predicted octanol–water partition coefficient (Wildman–Crippen LogP) is 5.81. The van der Waals surface area contributed by atoms with Crippen molar-refractivity contribution in [1.29, 1.82) is 0 Å². The summed E-state index contributed by atoms with van der Waals surface area (Å²) in [7, 11) is -6.95. The van der Waals surface area contributed by atoms with E-state index in [1.165, 1.54) is 6.07 Å². The summed E-state index contributed by atoms with van der Waals surface area (Å²) < 4.78 is 61.9. The number of hydrogen-bond donors (Lipinski definition) is 0. The maximum absolute atomic E-state index is 14.6. The highest BCUT2D eigenvalue weighted by Gasteiger charge is 2.30. The van der Waals surface area contributed by atoms with Crippen LogP contribution in [0.3, 0.4) is 0 Å². The van der Waals surface area contributed by atoms with E-state index < -0.39 is 21.0 Å². The minimum Gasteiger partial charge on any atom is -0.309 e. The quantitative estimate of drug-likeness (QED) is 0.335. The average Bonchev–Trinajstić information content (AvgIpc) is 2.70. The molecule has 0 bridgehead atoms. The van der Waals surface area contributed by atoms with Crippen LogP contribution < -0.4 is 0 Å². The molecular formula is C20H29FN2O6P2. The second-order valence-electron chi connectivity index (χ2n) is 6.39. The molecule has 0 aliphatic carbocycles. The van der Waals surface area contributed by atoms with Crippen LogP contribution in [0.1, 0.15) is 39.1 Å². The molecule has 0 aliphatic heterocycles. The summed E-state index contributed by atoms with van der Waals surface area (Å²) in [5, 5.41) is 8.28. The SMILES string of the molecule is CCOP(=O)(Cc1cc(-c2ccccc2F)c(CP(=O)(OCC)OCC)nn1)OCC. The molecule has 0 fully saturated rings. The molecule has 0 atom stereocenters. The second-order valence-corrected chi connectivity index (χ2v) is 10.5. The van der Waals surface area contributed by atoms with Gasteiger partial charge in [-0.15, -0.1) is 0 Å². The third-order valence-electron chi connectivity index (χ3n) is 4.09. The number of aromatic nitrogens is 2. The molecule has 31 heavy (non-hydrogen) atoms. The van der Waals surface area contributed by atoms with Crippen LogP contribution >= 0.6 is 15.2 Å². The smallest absolute Gasteiger partial charge is 0.309 e. The lowest BCUT2D eigenvalue weighted by Crippen LogP contribution is -2.07. The first kappa shape index (κ1) is 25.8. The topological polar surface area (TPSA) is 96.8 Å². The summed E-state index contributed by atoms with van der Waals surface area (Å²) >= 11 is 0. The Bertz CT molecular complexity index is 939. The summed E-state index contributed by atoms with van der Waals surface area (Å²) in [6.45, 7) is 7.61. The largest absolute Gasteiger partial charge is 0.336 e. The first-order chi connectivity index (χ1) is 14.8. The third-order valence-corrected chi connectivity index (χ3v) is 8.09. The highest BCUT2D eigenvalue weighted by molar-refractivity contribution is 7.53. The predicted molar refractivity (Wildman–Crippen MR) is 117 cm³/mol. The zero-order valence-electron chi connectivity index (χ0n) is 18.2. The van der Waals surface area contributed by atoms with Crippen LogP contribution in [0.25, 0.3) is 11.1 Å². The van der Waals surface area contributed by atoms with Gasteiger partial charge in [-0.2, -0.15) is 10.2 Å². The van der Waals surface area contributed by atoms with Gasteiger partial charge in [0.05, 0.1) is 50.1 Å². The average molecular weight is 474 g/mol. The fraction of sp³-hybridized carbons (Fsp3) is 0.500.